The molecule has 0 bridgehead atoms. The molecule has 0 aliphatic heterocycles. The molecule has 0 unspecified atom stereocenters. The van der Waals surface area contributed by atoms with Crippen molar-refractivity contribution in [3.05, 3.63) is 56.2 Å². The van der Waals surface area contributed by atoms with E-state index in [2.05, 4.69) is 11.4 Å². The summed E-state index contributed by atoms with van der Waals surface area (Å²) in [6, 6.07) is 9.24. The average Bonchev–Trinajstić information content (AvgIpc) is 2.86. The largest absolute Gasteiger partial charge is 0.355 e. The van der Waals surface area contributed by atoms with Gasteiger partial charge >= 0.3 is 0 Å². The lowest BCUT2D eigenvalue weighted by atomic mass is 10.1. The molecule has 0 saturated heterocycles. The Morgan fingerprint density at radius 1 is 1.26 bits per heavy atom. The maximum Gasteiger partial charge on any atom is 0.224 e. The molecular weight excluding hydrogens is 301 g/mol. The van der Waals surface area contributed by atoms with E-state index in [9.17, 15) is 4.79 Å². The third-order valence-electron chi connectivity index (χ3n) is 2.64. The van der Waals surface area contributed by atoms with E-state index in [-0.39, 0.29) is 12.3 Å². The summed E-state index contributed by atoms with van der Waals surface area (Å²) in [5.41, 5.74) is 0.791. The van der Waals surface area contributed by atoms with Crippen molar-refractivity contribution in [2.75, 3.05) is 6.54 Å². The Kier molecular flexibility index (Phi) is 5.25. The number of thiophene rings is 1. The van der Waals surface area contributed by atoms with Gasteiger partial charge in [-0.1, -0.05) is 35.3 Å². The highest BCUT2D eigenvalue weighted by Crippen LogP contribution is 2.21. The van der Waals surface area contributed by atoms with Crippen LogP contribution >= 0.6 is 34.5 Å². The van der Waals surface area contributed by atoms with Crippen LogP contribution in [0, 0.1) is 0 Å². The Hall–Kier alpha value is -1.03. The van der Waals surface area contributed by atoms with Crippen molar-refractivity contribution in [3.63, 3.8) is 0 Å². The molecule has 5 heteroatoms. The molecule has 0 fully saturated rings. The molecule has 1 aromatic carbocycles. The van der Waals surface area contributed by atoms with E-state index in [1.807, 2.05) is 11.4 Å². The summed E-state index contributed by atoms with van der Waals surface area (Å²) in [7, 11) is 0. The maximum absolute atomic E-state index is 11.8. The highest BCUT2D eigenvalue weighted by molar-refractivity contribution is 7.09. The minimum Gasteiger partial charge on any atom is -0.355 e. The number of rotatable bonds is 5. The first kappa shape index (κ1) is 14.4. The molecule has 1 N–H and O–H groups in total. The maximum atomic E-state index is 11.8. The van der Waals surface area contributed by atoms with Gasteiger partial charge in [-0.05, 0) is 35.6 Å². The van der Waals surface area contributed by atoms with Crippen LogP contribution in [0.3, 0.4) is 0 Å². The highest BCUT2D eigenvalue weighted by atomic mass is 35.5. The van der Waals surface area contributed by atoms with Crippen LogP contribution in [0.5, 0.6) is 0 Å². The van der Waals surface area contributed by atoms with Crippen LogP contribution in [-0.2, 0) is 17.6 Å². The lowest BCUT2D eigenvalue weighted by Gasteiger charge is -2.06. The van der Waals surface area contributed by atoms with E-state index in [1.165, 1.54) is 4.88 Å². The number of benzene rings is 1. The molecule has 2 nitrogen and oxygen atoms in total. The van der Waals surface area contributed by atoms with Crippen molar-refractivity contribution in [2.24, 2.45) is 0 Å². The zero-order valence-electron chi connectivity index (χ0n) is 10.2. The lowest BCUT2D eigenvalue weighted by molar-refractivity contribution is -0.120. The second kappa shape index (κ2) is 6.94. The number of nitrogens with one attached hydrogen (secondary N) is 1. The smallest absolute Gasteiger partial charge is 0.224 e. The molecule has 2 rings (SSSR count). The first-order valence-corrected chi connectivity index (χ1v) is 7.52. The van der Waals surface area contributed by atoms with Gasteiger partial charge in [0.15, 0.2) is 0 Å². The number of carbonyl (C=O) groups is 1. The minimum absolute atomic E-state index is 0.0271. The Balaban J connectivity index is 1.80. The van der Waals surface area contributed by atoms with Gasteiger partial charge in [-0.2, -0.15) is 0 Å². The highest BCUT2D eigenvalue weighted by Gasteiger charge is 2.07. The van der Waals surface area contributed by atoms with Crippen molar-refractivity contribution in [1.29, 1.82) is 0 Å². The second-order valence-electron chi connectivity index (χ2n) is 4.09. The molecule has 1 heterocycles. The summed E-state index contributed by atoms with van der Waals surface area (Å²) in [6.45, 7) is 0.643. The second-order valence-corrected chi connectivity index (χ2v) is 5.97. The predicted octanol–water partition coefficient (Wildman–Crippen LogP) is 3.96. The Labute approximate surface area is 126 Å². The summed E-state index contributed by atoms with van der Waals surface area (Å²) in [5.74, 6) is -0.0271. The van der Waals surface area contributed by atoms with Gasteiger partial charge in [-0.25, -0.2) is 0 Å². The fourth-order valence-corrected chi connectivity index (χ4v) is 2.86. The van der Waals surface area contributed by atoms with Crippen LogP contribution in [0.25, 0.3) is 0 Å². The van der Waals surface area contributed by atoms with Crippen LogP contribution in [0.4, 0.5) is 0 Å². The minimum atomic E-state index is -0.0271. The Morgan fingerprint density at radius 2 is 2.11 bits per heavy atom. The Bertz CT molecular complexity index is 555. The van der Waals surface area contributed by atoms with E-state index < -0.39 is 0 Å². The van der Waals surface area contributed by atoms with Gasteiger partial charge in [0.05, 0.1) is 6.42 Å². The lowest BCUT2D eigenvalue weighted by Crippen LogP contribution is -2.27. The van der Waals surface area contributed by atoms with Crippen LogP contribution in [0.15, 0.2) is 35.7 Å². The number of halogens is 2. The van der Waals surface area contributed by atoms with Crippen molar-refractivity contribution >= 4 is 40.4 Å². The van der Waals surface area contributed by atoms with E-state index in [0.717, 1.165) is 12.0 Å². The molecule has 1 aromatic heterocycles. The van der Waals surface area contributed by atoms with Crippen LogP contribution < -0.4 is 5.32 Å². The molecule has 0 atom stereocenters. The summed E-state index contributed by atoms with van der Waals surface area (Å²) in [4.78, 5) is 13.0. The SMILES string of the molecule is O=C(Cc1ccc(Cl)cc1Cl)NCCc1cccs1. The Morgan fingerprint density at radius 3 is 2.79 bits per heavy atom. The van der Waals surface area contributed by atoms with Crippen LogP contribution in [0.2, 0.25) is 10.0 Å². The summed E-state index contributed by atoms with van der Waals surface area (Å²) >= 11 is 13.5. The van der Waals surface area contributed by atoms with Gasteiger partial charge in [0.1, 0.15) is 0 Å². The van der Waals surface area contributed by atoms with Crippen LogP contribution in [-0.4, -0.2) is 12.5 Å². The van der Waals surface area contributed by atoms with Crippen molar-refractivity contribution < 1.29 is 4.79 Å². The fourth-order valence-electron chi connectivity index (χ4n) is 1.68. The molecule has 19 heavy (non-hydrogen) atoms. The summed E-state index contributed by atoms with van der Waals surface area (Å²) < 4.78 is 0. The number of carbonyl (C=O) groups excluding carboxylic acids is 1. The third-order valence-corrected chi connectivity index (χ3v) is 4.16. The standard InChI is InChI=1S/C14H13Cl2NOS/c15-11-4-3-10(13(16)9-11)8-14(18)17-6-5-12-2-1-7-19-12/h1-4,7,9H,5-6,8H2,(H,17,18). The van der Waals surface area contributed by atoms with E-state index >= 15 is 0 Å². The first-order chi connectivity index (χ1) is 9.15. The van der Waals surface area contributed by atoms with Gasteiger partial charge < -0.3 is 5.32 Å². The van der Waals surface area contributed by atoms with Crippen LogP contribution in [0.1, 0.15) is 10.4 Å². The van der Waals surface area contributed by atoms with Crippen molar-refractivity contribution in [2.45, 2.75) is 12.8 Å². The molecule has 1 amide bonds. The van der Waals surface area contributed by atoms with Gasteiger partial charge in [-0.15, -0.1) is 11.3 Å². The summed E-state index contributed by atoms with van der Waals surface area (Å²) in [5, 5.41) is 6.02. The van der Waals surface area contributed by atoms with E-state index in [1.54, 1.807) is 29.5 Å². The molecule has 0 radical (unpaired) electrons. The zero-order valence-corrected chi connectivity index (χ0v) is 12.5. The molecule has 100 valence electrons. The molecule has 0 saturated carbocycles. The quantitative estimate of drug-likeness (QED) is 0.889. The van der Waals surface area contributed by atoms with Gasteiger partial charge in [-0.3, -0.25) is 4.79 Å². The number of amides is 1. The molecular formula is C14H13Cl2NOS. The summed E-state index contributed by atoms with van der Waals surface area (Å²) in [6.07, 6.45) is 1.14. The van der Waals surface area contributed by atoms with Crippen molar-refractivity contribution in [3.8, 4) is 0 Å². The van der Waals surface area contributed by atoms with Gasteiger partial charge in [0.25, 0.3) is 0 Å². The molecule has 0 aliphatic rings. The van der Waals surface area contributed by atoms with Crippen molar-refractivity contribution in [1.82, 2.24) is 5.32 Å². The average molecular weight is 314 g/mol. The van der Waals surface area contributed by atoms with Gasteiger partial charge in [0.2, 0.25) is 5.91 Å². The fraction of sp³-hybridized carbons (Fsp3) is 0.214. The molecule has 0 aliphatic carbocycles. The van der Waals surface area contributed by atoms with Gasteiger partial charge in [0, 0.05) is 21.5 Å². The predicted molar refractivity (Wildman–Crippen MR) is 81.2 cm³/mol. The van der Waals surface area contributed by atoms with E-state index in [4.69, 9.17) is 23.2 Å². The van der Waals surface area contributed by atoms with E-state index in [0.29, 0.717) is 16.6 Å². The normalized spacial score (nSPS) is 10.4. The third kappa shape index (κ3) is 4.53. The molecule has 0 spiro atoms. The monoisotopic (exact) mass is 313 g/mol. The number of hydrogen-bond acceptors (Lipinski definition) is 2. The first-order valence-electron chi connectivity index (χ1n) is 5.88. The topological polar surface area (TPSA) is 29.1 Å². The zero-order chi connectivity index (χ0) is 13.7. The molecule has 2 aromatic rings. The number of hydrogen-bond donors (Lipinski definition) is 1.